The maximum Gasteiger partial charge on any atom is 0.246 e. The second-order valence-electron chi connectivity index (χ2n) is 5.03. The number of para-hydroxylation sites is 1. The maximum atomic E-state index is 11.3. The van der Waals surface area contributed by atoms with E-state index in [0.29, 0.717) is 6.54 Å². The number of benzene rings is 2. The zero-order valence-electron chi connectivity index (χ0n) is 11.9. The van der Waals surface area contributed by atoms with E-state index in [4.69, 9.17) is 9.47 Å². The van der Waals surface area contributed by atoms with Gasteiger partial charge < -0.3 is 14.8 Å². The van der Waals surface area contributed by atoms with Crippen LogP contribution in [0.4, 0.5) is 0 Å². The zero-order chi connectivity index (χ0) is 15.4. The van der Waals surface area contributed by atoms with Crippen molar-refractivity contribution in [2.45, 2.75) is 12.2 Å². The molecule has 5 heteroatoms. The van der Waals surface area contributed by atoms with Crippen LogP contribution in [0.25, 0.3) is 0 Å². The third-order valence-corrected chi connectivity index (χ3v) is 4.38. The molecular formula is C17H16INO3. The second kappa shape index (κ2) is 7.11. The highest BCUT2D eigenvalue weighted by Gasteiger charge is 2.30. The molecule has 1 aliphatic rings. The van der Waals surface area contributed by atoms with E-state index in [1.807, 2.05) is 54.6 Å². The van der Waals surface area contributed by atoms with Gasteiger partial charge in [0.15, 0.2) is 6.10 Å². The van der Waals surface area contributed by atoms with E-state index in [1.54, 1.807) is 0 Å². The molecule has 0 bridgehead atoms. The Hall–Kier alpha value is -1.60. The van der Waals surface area contributed by atoms with Crippen LogP contribution in [0.5, 0.6) is 5.75 Å². The Bertz CT molecular complexity index is 637. The first-order valence-corrected chi connectivity index (χ1v) is 8.16. The van der Waals surface area contributed by atoms with E-state index >= 15 is 0 Å². The van der Waals surface area contributed by atoms with Gasteiger partial charge in [-0.25, -0.2) is 0 Å². The SMILES string of the molecule is O=C1CO[C@@H]([C@H](Oc2ccccc2I)c2ccccc2)CN1. The molecule has 2 aromatic carbocycles. The van der Waals surface area contributed by atoms with Gasteiger partial charge in [-0.2, -0.15) is 0 Å². The molecule has 2 aromatic rings. The first kappa shape index (κ1) is 15.3. The molecule has 2 atom stereocenters. The lowest BCUT2D eigenvalue weighted by Crippen LogP contribution is -2.46. The molecule has 0 spiro atoms. The number of carbonyl (C=O) groups excluding carboxylic acids is 1. The highest BCUT2D eigenvalue weighted by molar-refractivity contribution is 14.1. The topological polar surface area (TPSA) is 47.6 Å². The fraction of sp³-hybridized carbons (Fsp3) is 0.235. The molecule has 114 valence electrons. The summed E-state index contributed by atoms with van der Waals surface area (Å²) in [5.41, 5.74) is 1.03. The number of rotatable bonds is 4. The predicted octanol–water partition coefficient (Wildman–Crippen LogP) is 2.93. The van der Waals surface area contributed by atoms with Gasteiger partial charge in [0.1, 0.15) is 18.5 Å². The molecule has 1 fully saturated rings. The minimum absolute atomic E-state index is 0.0727. The van der Waals surface area contributed by atoms with E-state index < -0.39 is 0 Å². The molecule has 0 saturated carbocycles. The normalized spacial score (nSPS) is 19.3. The van der Waals surface area contributed by atoms with Crippen molar-refractivity contribution < 1.29 is 14.3 Å². The molecule has 0 aliphatic carbocycles. The molecule has 1 amide bonds. The lowest BCUT2D eigenvalue weighted by molar-refractivity contribution is -0.137. The molecule has 1 N–H and O–H groups in total. The van der Waals surface area contributed by atoms with Gasteiger partial charge in [-0.1, -0.05) is 42.5 Å². The third kappa shape index (κ3) is 3.59. The Labute approximate surface area is 143 Å². The van der Waals surface area contributed by atoms with Crippen LogP contribution in [0.15, 0.2) is 54.6 Å². The van der Waals surface area contributed by atoms with Crippen molar-refractivity contribution >= 4 is 28.5 Å². The van der Waals surface area contributed by atoms with Crippen molar-refractivity contribution in [3.8, 4) is 5.75 Å². The summed E-state index contributed by atoms with van der Waals surface area (Å²) in [5, 5.41) is 2.84. The summed E-state index contributed by atoms with van der Waals surface area (Å²) in [4.78, 5) is 11.3. The van der Waals surface area contributed by atoms with Gasteiger partial charge >= 0.3 is 0 Å². The first-order valence-electron chi connectivity index (χ1n) is 7.08. The van der Waals surface area contributed by atoms with E-state index in [2.05, 4.69) is 27.9 Å². The molecule has 0 unspecified atom stereocenters. The lowest BCUT2D eigenvalue weighted by atomic mass is 10.0. The molecule has 3 rings (SSSR count). The summed E-state index contributed by atoms with van der Waals surface area (Å²) in [5.74, 6) is 0.731. The van der Waals surface area contributed by atoms with Gasteiger partial charge in [0.2, 0.25) is 5.91 Å². The van der Waals surface area contributed by atoms with Crippen molar-refractivity contribution in [2.24, 2.45) is 0 Å². The number of ether oxygens (including phenoxy) is 2. The number of hydrogen-bond donors (Lipinski definition) is 1. The fourth-order valence-corrected chi connectivity index (χ4v) is 2.89. The summed E-state index contributed by atoms with van der Waals surface area (Å²) in [6, 6.07) is 17.8. The maximum absolute atomic E-state index is 11.3. The zero-order valence-corrected chi connectivity index (χ0v) is 14.0. The average Bonchev–Trinajstić information content (AvgIpc) is 2.56. The van der Waals surface area contributed by atoms with Gasteiger partial charge in [-0.05, 0) is 40.3 Å². The Balaban J connectivity index is 1.86. The Morgan fingerprint density at radius 1 is 1.14 bits per heavy atom. The monoisotopic (exact) mass is 409 g/mol. The molecule has 1 aliphatic heterocycles. The predicted molar refractivity (Wildman–Crippen MR) is 91.7 cm³/mol. The van der Waals surface area contributed by atoms with Crippen LogP contribution in [0.3, 0.4) is 0 Å². The largest absolute Gasteiger partial charge is 0.482 e. The number of amides is 1. The van der Waals surface area contributed by atoms with Crippen LogP contribution in [0.2, 0.25) is 0 Å². The molecule has 0 aromatic heterocycles. The van der Waals surface area contributed by atoms with Crippen LogP contribution in [0.1, 0.15) is 11.7 Å². The minimum atomic E-state index is -0.266. The van der Waals surface area contributed by atoms with Crippen molar-refractivity contribution in [1.29, 1.82) is 0 Å². The number of carbonyl (C=O) groups is 1. The van der Waals surface area contributed by atoms with Crippen molar-refractivity contribution in [1.82, 2.24) is 5.32 Å². The first-order chi connectivity index (χ1) is 10.7. The molecule has 1 heterocycles. The van der Waals surface area contributed by atoms with E-state index in [9.17, 15) is 4.79 Å². The summed E-state index contributed by atoms with van der Waals surface area (Å²) in [6.07, 6.45) is -0.478. The molecule has 22 heavy (non-hydrogen) atoms. The number of nitrogens with one attached hydrogen (secondary N) is 1. The van der Waals surface area contributed by atoms with Gasteiger partial charge in [-0.3, -0.25) is 4.79 Å². The average molecular weight is 409 g/mol. The summed E-state index contributed by atoms with van der Waals surface area (Å²) in [7, 11) is 0. The van der Waals surface area contributed by atoms with Crippen LogP contribution in [0, 0.1) is 3.57 Å². The summed E-state index contributed by atoms with van der Waals surface area (Å²) >= 11 is 2.25. The van der Waals surface area contributed by atoms with Crippen molar-refractivity contribution in [3.63, 3.8) is 0 Å². The van der Waals surface area contributed by atoms with Gasteiger partial charge in [-0.15, -0.1) is 0 Å². The van der Waals surface area contributed by atoms with Crippen molar-refractivity contribution in [2.75, 3.05) is 13.2 Å². The van der Waals surface area contributed by atoms with E-state index in [-0.39, 0.29) is 24.7 Å². The third-order valence-electron chi connectivity index (χ3n) is 3.49. The van der Waals surface area contributed by atoms with Crippen LogP contribution in [-0.2, 0) is 9.53 Å². The lowest BCUT2D eigenvalue weighted by Gasteiger charge is -2.31. The van der Waals surface area contributed by atoms with Gasteiger partial charge in [0, 0.05) is 6.54 Å². The molecule has 4 nitrogen and oxygen atoms in total. The smallest absolute Gasteiger partial charge is 0.246 e. The Morgan fingerprint density at radius 2 is 1.86 bits per heavy atom. The van der Waals surface area contributed by atoms with E-state index in [0.717, 1.165) is 14.9 Å². The van der Waals surface area contributed by atoms with Gasteiger partial charge in [0.25, 0.3) is 0 Å². The Morgan fingerprint density at radius 3 is 2.55 bits per heavy atom. The van der Waals surface area contributed by atoms with Crippen LogP contribution in [-0.4, -0.2) is 25.2 Å². The number of halogens is 1. The highest BCUT2D eigenvalue weighted by atomic mass is 127. The van der Waals surface area contributed by atoms with Crippen LogP contribution < -0.4 is 10.1 Å². The summed E-state index contributed by atoms with van der Waals surface area (Å²) in [6.45, 7) is 0.519. The number of hydrogen-bond acceptors (Lipinski definition) is 3. The van der Waals surface area contributed by atoms with Crippen molar-refractivity contribution in [3.05, 3.63) is 63.7 Å². The quantitative estimate of drug-likeness (QED) is 0.791. The minimum Gasteiger partial charge on any atom is -0.482 e. The highest BCUT2D eigenvalue weighted by Crippen LogP contribution is 2.30. The molecule has 0 radical (unpaired) electrons. The van der Waals surface area contributed by atoms with E-state index in [1.165, 1.54) is 0 Å². The molecule has 1 saturated heterocycles. The second-order valence-corrected chi connectivity index (χ2v) is 6.20. The Kier molecular flexibility index (Phi) is 4.94. The number of morpholine rings is 1. The summed E-state index contributed by atoms with van der Waals surface area (Å²) < 4.78 is 12.9. The van der Waals surface area contributed by atoms with Crippen LogP contribution >= 0.6 is 22.6 Å². The molecular weight excluding hydrogens is 393 g/mol. The fourth-order valence-electron chi connectivity index (χ4n) is 2.38. The van der Waals surface area contributed by atoms with Gasteiger partial charge in [0.05, 0.1) is 3.57 Å². The standard InChI is InChI=1S/C17H16INO3/c18-13-8-4-5-9-14(13)22-17(12-6-2-1-3-7-12)15-10-19-16(20)11-21-15/h1-9,15,17H,10-11H2,(H,19,20)/t15-,17-/m1/s1.